The van der Waals surface area contributed by atoms with E-state index < -0.39 is 0 Å². The molecule has 0 aliphatic carbocycles. The van der Waals surface area contributed by atoms with E-state index in [1.807, 2.05) is 11.3 Å². The van der Waals surface area contributed by atoms with Crippen LogP contribution in [0.4, 0.5) is 34.1 Å². The molecule has 274 valence electrons. The van der Waals surface area contributed by atoms with Gasteiger partial charge in [0.25, 0.3) is 0 Å². The van der Waals surface area contributed by atoms with Crippen molar-refractivity contribution >= 4 is 87.4 Å². The molecule has 11 aromatic rings. The number of benzene rings is 9. The molecule has 0 radical (unpaired) electrons. The van der Waals surface area contributed by atoms with E-state index in [1.165, 1.54) is 53.1 Å². The molecule has 0 spiro atoms. The molecule has 0 atom stereocenters. The Balaban J connectivity index is 1.05. The Morgan fingerprint density at radius 3 is 1.40 bits per heavy atom. The highest BCUT2D eigenvalue weighted by Gasteiger charge is 2.19. The molecule has 3 nitrogen and oxygen atoms in total. The standard InChI is InChI=1S/C54H37N3S/c1-3-16-39(17-4-1)55(40-18-5-2-6-19-40)41-29-31-42(32-30-41)56(43-33-35-44(36-34-43)57-51-26-10-7-21-47(51)48-22-8-11-27-52(48)57)45-20-13-15-38(37-45)46-24-14-25-50-49-23-9-12-28-53(49)58-54(46)50/h1-37H. The fourth-order valence-corrected chi connectivity index (χ4v) is 9.78. The van der Waals surface area contributed by atoms with Crippen LogP contribution < -0.4 is 9.80 Å². The van der Waals surface area contributed by atoms with Crippen LogP contribution in [0.15, 0.2) is 224 Å². The van der Waals surface area contributed by atoms with Gasteiger partial charge in [-0.1, -0.05) is 121 Å². The summed E-state index contributed by atoms with van der Waals surface area (Å²) in [4.78, 5) is 4.68. The summed E-state index contributed by atoms with van der Waals surface area (Å²) in [6, 6.07) is 80.9. The van der Waals surface area contributed by atoms with E-state index in [0.29, 0.717) is 0 Å². The number of rotatable bonds is 8. The highest BCUT2D eigenvalue weighted by atomic mass is 32.1. The third kappa shape index (κ3) is 5.82. The largest absolute Gasteiger partial charge is 0.311 e. The van der Waals surface area contributed by atoms with E-state index >= 15 is 0 Å². The van der Waals surface area contributed by atoms with Gasteiger partial charge in [0, 0.05) is 70.8 Å². The van der Waals surface area contributed by atoms with Gasteiger partial charge in [-0.05, 0) is 114 Å². The molecule has 0 unspecified atom stereocenters. The van der Waals surface area contributed by atoms with Gasteiger partial charge in [0.15, 0.2) is 0 Å². The molecule has 0 saturated carbocycles. The molecule has 0 aliphatic rings. The molecule has 11 rings (SSSR count). The quantitative estimate of drug-likeness (QED) is 0.153. The number of aromatic nitrogens is 1. The number of thiophene rings is 1. The van der Waals surface area contributed by atoms with Gasteiger partial charge in [0.1, 0.15) is 0 Å². The van der Waals surface area contributed by atoms with Crippen molar-refractivity contribution in [3.63, 3.8) is 0 Å². The van der Waals surface area contributed by atoms with Crippen LogP contribution in [-0.2, 0) is 0 Å². The van der Waals surface area contributed by atoms with Crippen LogP contribution in [-0.4, -0.2) is 4.57 Å². The first-order chi connectivity index (χ1) is 28.8. The molecule has 0 aliphatic heterocycles. The van der Waals surface area contributed by atoms with Gasteiger partial charge in [0.05, 0.1) is 11.0 Å². The smallest absolute Gasteiger partial charge is 0.0541 e. The van der Waals surface area contributed by atoms with Crippen molar-refractivity contribution in [1.82, 2.24) is 4.57 Å². The van der Waals surface area contributed by atoms with E-state index in [0.717, 1.165) is 39.8 Å². The zero-order valence-electron chi connectivity index (χ0n) is 31.6. The van der Waals surface area contributed by atoms with Crippen molar-refractivity contribution < 1.29 is 0 Å². The van der Waals surface area contributed by atoms with Gasteiger partial charge in [-0.3, -0.25) is 0 Å². The maximum Gasteiger partial charge on any atom is 0.0541 e. The van der Waals surface area contributed by atoms with E-state index in [4.69, 9.17) is 0 Å². The first kappa shape index (κ1) is 33.9. The first-order valence-corrected chi connectivity index (χ1v) is 20.5. The summed E-state index contributed by atoms with van der Waals surface area (Å²) in [6.45, 7) is 0. The van der Waals surface area contributed by atoms with Crippen molar-refractivity contribution in [2.45, 2.75) is 0 Å². The van der Waals surface area contributed by atoms with Crippen molar-refractivity contribution in [1.29, 1.82) is 0 Å². The van der Waals surface area contributed by atoms with Crippen molar-refractivity contribution in [3.8, 4) is 16.8 Å². The molecule has 0 fully saturated rings. The Bertz CT molecular complexity index is 3130. The maximum absolute atomic E-state index is 2.38. The summed E-state index contributed by atoms with van der Waals surface area (Å²) in [7, 11) is 0. The Kier molecular flexibility index (Phi) is 8.34. The second-order valence-electron chi connectivity index (χ2n) is 14.6. The second-order valence-corrected chi connectivity index (χ2v) is 15.6. The Labute approximate surface area is 341 Å². The van der Waals surface area contributed by atoms with Crippen LogP contribution in [0.2, 0.25) is 0 Å². The van der Waals surface area contributed by atoms with Gasteiger partial charge in [-0.2, -0.15) is 0 Å². The highest BCUT2D eigenvalue weighted by molar-refractivity contribution is 7.26. The Morgan fingerprint density at radius 1 is 0.328 bits per heavy atom. The summed E-state index contributed by atoms with van der Waals surface area (Å²) in [5.74, 6) is 0. The first-order valence-electron chi connectivity index (χ1n) is 19.7. The third-order valence-electron chi connectivity index (χ3n) is 11.2. The minimum Gasteiger partial charge on any atom is -0.311 e. The Hall–Kier alpha value is -7.40. The zero-order chi connectivity index (χ0) is 38.4. The fraction of sp³-hybridized carbons (Fsp3) is 0. The molecule has 4 heteroatoms. The summed E-state index contributed by atoms with van der Waals surface area (Å²) >= 11 is 1.87. The molecule has 0 saturated heterocycles. The fourth-order valence-electron chi connectivity index (χ4n) is 8.54. The lowest BCUT2D eigenvalue weighted by Crippen LogP contribution is -2.12. The van der Waals surface area contributed by atoms with Crippen LogP contribution in [0.5, 0.6) is 0 Å². The molecule has 9 aromatic carbocycles. The molecule has 0 bridgehead atoms. The molecule has 58 heavy (non-hydrogen) atoms. The number of anilines is 6. The maximum atomic E-state index is 2.38. The van der Waals surface area contributed by atoms with Crippen molar-refractivity contribution in [3.05, 3.63) is 224 Å². The van der Waals surface area contributed by atoms with E-state index in [-0.39, 0.29) is 0 Å². The molecule has 0 amide bonds. The van der Waals surface area contributed by atoms with Crippen molar-refractivity contribution in [2.75, 3.05) is 9.80 Å². The molecular weight excluding hydrogens is 723 g/mol. The van der Waals surface area contributed by atoms with Gasteiger partial charge >= 0.3 is 0 Å². The van der Waals surface area contributed by atoms with Crippen LogP contribution in [0, 0.1) is 0 Å². The minimum atomic E-state index is 1.08. The predicted molar refractivity (Wildman–Crippen MR) is 248 cm³/mol. The number of nitrogens with zero attached hydrogens (tertiary/aromatic N) is 3. The topological polar surface area (TPSA) is 11.4 Å². The number of fused-ring (bicyclic) bond motifs is 6. The van der Waals surface area contributed by atoms with Crippen LogP contribution >= 0.6 is 11.3 Å². The van der Waals surface area contributed by atoms with Gasteiger partial charge in [0.2, 0.25) is 0 Å². The summed E-state index contributed by atoms with van der Waals surface area (Å²) in [5.41, 5.74) is 12.5. The normalized spacial score (nSPS) is 11.4. The lowest BCUT2D eigenvalue weighted by Gasteiger charge is -2.28. The second kappa shape index (κ2) is 14.3. The molecule has 0 N–H and O–H groups in total. The van der Waals surface area contributed by atoms with Gasteiger partial charge < -0.3 is 14.4 Å². The number of hydrogen-bond donors (Lipinski definition) is 0. The van der Waals surface area contributed by atoms with Crippen molar-refractivity contribution in [2.24, 2.45) is 0 Å². The highest BCUT2D eigenvalue weighted by Crippen LogP contribution is 2.44. The van der Waals surface area contributed by atoms with Crippen LogP contribution in [0.1, 0.15) is 0 Å². The van der Waals surface area contributed by atoms with Crippen LogP contribution in [0.3, 0.4) is 0 Å². The number of para-hydroxylation sites is 4. The van der Waals surface area contributed by atoms with Gasteiger partial charge in [-0.15, -0.1) is 11.3 Å². The van der Waals surface area contributed by atoms with E-state index in [9.17, 15) is 0 Å². The van der Waals surface area contributed by atoms with E-state index in [2.05, 4.69) is 239 Å². The summed E-state index contributed by atoms with van der Waals surface area (Å²) in [6.07, 6.45) is 0. The summed E-state index contributed by atoms with van der Waals surface area (Å²) in [5, 5.41) is 5.13. The lowest BCUT2D eigenvalue weighted by molar-refractivity contribution is 1.17. The third-order valence-corrected chi connectivity index (χ3v) is 12.4. The lowest BCUT2D eigenvalue weighted by atomic mass is 10.0. The Morgan fingerprint density at radius 2 is 0.776 bits per heavy atom. The summed E-state index contributed by atoms with van der Waals surface area (Å²) < 4.78 is 5.00. The predicted octanol–water partition coefficient (Wildman–Crippen LogP) is 15.8. The molecule has 2 heterocycles. The average molecular weight is 760 g/mol. The van der Waals surface area contributed by atoms with Gasteiger partial charge in [-0.25, -0.2) is 0 Å². The number of hydrogen-bond acceptors (Lipinski definition) is 3. The molecular formula is C54H37N3S. The molecule has 2 aromatic heterocycles. The SMILES string of the molecule is c1ccc(N(c2ccccc2)c2ccc(N(c3ccc(-n4c5ccccc5c5ccccc54)cc3)c3cccc(-c4cccc5c4sc4ccccc45)c3)cc2)cc1. The minimum absolute atomic E-state index is 1.08. The monoisotopic (exact) mass is 759 g/mol. The van der Waals surface area contributed by atoms with E-state index in [1.54, 1.807) is 0 Å². The van der Waals surface area contributed by atoms with Crippen LogP contribution in [0.25, 0.3) is 58.8 Å². The average Bonchev–Trinajstić information content (AvgIpc) is 3.84. The zero-order valence-corrected chi connectivity index (χ0v) is 32.4.